The maximum Gasteiger partial charge on any atom is 0.247 e. The fraction of sp³-hybridized carbons (Fsp3) is 0.188. The van der Waals surface area contributed by atoms with E-state index in [1.807, 2.05) is 0 Å². The number of hydrogen-bond donors (Lipinski definition) is 2. The van der Waals surface area contributed by atoms with E-state index in [-0.39, 0.29) is 17.3 Å². The van der Waals surface area contributed by atoms with Gasteiger partial charge >= 0.3 is 0 Å². The van der Waals surface area contributed by atoms with E-state index < -0.39 is 0 Å². The van der Waals surface area contributed by atoms with Gasteiger partial charge in [0.2, 0.25) is 10.7 Å². The number of halogens is 1. The second kappa shape index (κ2) is 6.70. The third-order valence-electron chi connectivity index (χ3n) is 3.47. The van der Waals surface area contributed by atoms with E-state index >= 15 is 0 Å². The number of aromatic nitrogens is 3. The Labute approximate surface area is 136 Å². The molecule has 3 rings (SSSR count). The van der Waals surface area contributed by atoms with Gasteiger partial charge in [0.25, 0.3) is 0 Å². The number of anilines is 1. The average Bonchev–Trinajstić information content (AvgIpc) is 3.03. The van der Waals surface area contributed by atoms with E-state index in [4.69, 9.17) is 0 Å². The SMILES string of the molecule is C[C@H](CNc1nc(-c2ccc(=O)[nH]c2)ns1)c1ccc(F)cc1. The molecule has 7 heteroatoms. The summed E-state index contributed by atoms with van der Waals surface area (Å²) in [5.74, 6) is 0.558. The summed E-state index contributed by atoms with van der Waals surface area (Å²) in [6.45, 7) is 2.73. The molecular weight excluding hydrogens is 315 g/mol. The molecule has 1 atom stereocenters. The van der Waals surface area contributed by atoms with Crippen molar-refractivity contribution in [3.05, 3.63) is 64.3 Å². The fourth-order valence-corrected chi connectivity index (χ4v) is 2.71. The highest BCUT2D eigenvalue weighted by atomic mass is 32.1. The third kappa shape index (κ3) is 3.81. The highest BCUT2D eigenvalue weighted by molar-refractivity contribution is 7.09. The van der Waals surface area contributed by atoms with E-state index in [9.17, 15) is 9.18 Å². The van der Waals surface area contributed by atoms with Gasteiger partial charge in [-0.3, -0.25) is 4.79 Å². The predicted molar refractivity (Wildman–Crippen MR) is 89.3 cm³/mol. The minimum absolute atomic E-state index is 0.157. The average molecular weight is 330 g/mol. The summed E-state index contributed by atoms with van der Waals surface area (Å²) in [7, 11) is 0. The van der Waals surface area contributed by atoms with E-state index in [0.717, 1.165) is 11.1 Å². The van der Waals surface area contributed by atoms with Crippen LogP contribution in [0.4, 0.5) is 9.52 Å². The summed E-state index contributed by atoms with van der Waals surface area (Å²) in [6.07, 6.45) is 1.59. The van der Waals surface area contributed by atoms with Gasteiger partial charge < -0.3 is 10.3 Å². The van der Waals surface area contributed by atoms with E-state index in [2.05, 4.69) is 26.6 Å². The van der Waals surface area contributed by atoms with Gasteiger partial charge in [0.05, 0.1) is 0 Å². The lowest BCUT2D eigenvalue weighted by molar-refractivity contribution is 0.626. The van der Waals surface area contributed by atoms with Crippen LogP contribution in [0.1, 0.15) is 18.4 Å². The second-order valence-corrected chi connectivity index (χ2v) is 5.95. The fourth-order valence-electron chi connectivity index (χ4n) is 2.11. The Morgan fingerprint density at radius 3 is 2.74 bits per heavy atom. The third-order valence-corrected chi connectivity index (χ3v) is 4.14. The first kappa shape index (κ1) is 15.4. The van der Waals surface area contributed by atoms with Gasteiger partial charge in [-0.25, -0.2) is 4.39 Å². The minimum Gasteiger partial charge on any atom is -0.360 e. The molecule has 0 aliphatic heterocycles. The summed E-state index contributed by atoms with van der Waals surface area (Å²) in [6, 6.07) is 9.63. The smallest absolute Gasteiger partial charge is 0.247 e. The van der Waals surface area contributed by atoms with Crippen molar-refractivity contribution < 1.29 is 4.39 Å². The molecule has 0 spiro atoms. The van der Waals surface area contributed by atoms with Crippen molar-refractivity contribution in [2.75, 3.05) is 11.9 Å². The molecule has 1 aromatic carbocycles. The Balaban J connectivity index is 1.64. The Hall–Kier alpha value is -2.54. The monoisotopic (exact) mass is 330 g/mol. The zero-order chi connectivity index (χ0) is 16.2. The molecule has 0 saturated heterocycles. The molecule has 0 amide bonds. The minimum atomic E-state index is -0.233. The Kier molecular flexibility index (Phi) is 4.47. The van der Waals surface area contributed by atoms with Crippen molar-refractivity contribution >= 4 is 16.7 Å². The number of pyridine rings is 1. The van der Waals surface area contributed by atoms with Gasteiger partial charge in [0.1, 0.15) is 5.82 Å². The van der Waals surface area contributed by atoms with Crippen LogP contribution in [0.5, 0.6) is 0 Å². The maximum atomic E-state index is 12.9. The summed E-state index contributed by atoms with van der Waals surface area (Å²) >= 11 is 1.26. The van der Waals surface area contributed by atoms with Gasteiger partial charge in [0, 0.05) is 35.9 Å². The molecule has 23 heavy (non-hydrogen) atoms. The molecule has 0 aliphatic rings. The zero-order valence-corrected chi connectivity index (χ0v) is 13.2. The van der Waals surface area contributed by atoms with Crippen LogP contribution in [0.3, 0.4) is 0 Å². The molecule has 3 aromatic rings. The normalized spacial score (nSPS) is 12.1. The molecule has 0 bridgehead atoms. The Morgan fingerprint density at radius 2 is 2.04 bits per heavy atom. The molecule has 118 valence electrons. The topological polar surface area (TPSA) is 70.7 Å². The van der Waals surface area contributed by atoms with Crippen LogP contribution < -0.4 is 10.9 Å². The van der Waals surface area contributed by atoms with Gasteiger partial charge in [0.15, 0.2) is 5.82 Å². The van der Waals surface area contributed by atoms with Gasteiger partial charge in [-0.05, 0) is 29.7 Å². The molecule has 2 heterocycles. The highest BCUT2D eigenvalue weighted by Gasteiger charge is 2.09. The standard InChI is InChI=1S/C16H15FN4OS/c1-10(11-2-5-13(17)6-3-11)8-19-16-20-15(21-23-16)12-4-7-14(22)18-9-12/h2-7,9-10H,8H2,1H3,(H,18,22)(H,19,20,21)/t10-/m1/s1. The molecule has 0 fully saturated rings. The van der Waals surface area contributed by atoms with Crippen molar-refractivity contribution in [1.82, 2.24) is 14.3 Å². The van der Waals surface area contributed by atoms with Crippen LogP contribution in [-0.2, 0) is 0 Å². The van der Waals surface area contributed by atoms with E-state index in [1.165, 1.54) is 29.7 Å². The summed E-state index contributed by atoms with van der Waals surface area (Å²) in [4.78, 5) is 18.1. The number of rotatable bonds is 5. The summed E-state index contributed by atoms with van der Waals surface area (Å²) < 4.78 is 17.2. The van der Waals surface area contributed by atoms with Crippen LogP contribution in [0, 0.1) is 5.82 Å². The molecular formula is C16H15FN4OS. The molecule has 0 unspecified atom stereocenters. The van der Waals surface area contributed by atoms with E-state index in [1.54, 1.807) is 24.4 Å². The van der Waals surface area contributed by atoms with Crippen LogP contribution >= 0.6 is 11.5 Å². The number of aromatic amines is 1. The van der Waals surface area contributed by atoms with Crippen molar-refractivity contribution in [1.29, 1.82) is 0 Å². The molecule has 0 saturated carbocycles. The lowest BCUT2D eigenvalue weighted by atomic mass is 10.0. The van der Waals surface area contributed by atoms with Crippen LogP contribution in [0.2, 0.25) is 0 Å². The van der Waals surface area contributed by atoms with Crippen LogP contribution in [0.15, 0.2) is 47.4 Å². The summed E-state index contributed by atoms with van der Waals surface area (Å²) in [5.41, 5.74) is 1.67. The largest absolute Gasteiger partial charge is 0.360 e. The van der Waals surface area contributed by atoms with Crippen LogP contribution in [-0.4, -0.2) is 20.9 Å². The Morgan fingerprint density at radius 1 is 1.26 bits per heavy atom. The second-order valence-electron chi connectivity index (χ2n) is 5.20. The lowest BCUT2D eigenvalue weighted by Gasteiger charge is -2.12. The van der Waals surface area contributed by atoms with Gasteiger partial charge in [-0.2, -0.15) is 9.36 Å². The zero-order valence-electron chi connectivity index (χ0n) is 12.4. The number of nitrogens with one attached hydrogen (secondary N) is 2. The van der Waals surface area contributed by atoms with Crippen molar-refractivity contribution in [2.24, 2.45) is 0 Å². The molecule has 2 aromatic heterocycles. The highest BCUT2D eigenvalue weighted by Crippen LogP contribution is 2.21. The quantitative estimate of drug-likeness (QED) is 0.753. The first-order chi connectivity index (χ1) is 11.1. The molecule has 0 radical (unpaired) electrons. The maximum absolute atomic E-state index is 12.9. The van der Waals surface area contributed by atoms with Crippen molar-refractivity contribution in [3.63, 3.8) is 0 Å². The predicted octanol–water partition coefficient (Wildman–Crippen LogP) is 3.25. The summed E-state index contributed by atoms with van der Waals surface area (Å²) in [5, 5.41) is 3.95. The molecule has 0 aliphatic carbocycles. The number of H-pyrrole nitrogens is 1. The van der Waals surface area contributed by atoms with E-state index in [0.29, 0.717) is 17.5 Å². The molecule has 2 N–H and O–H groups in total. The van der Waals surface area contributed by atoms with Crippen molar-refractivity contribution in [3.8, 4) is 11.4 Å². The van der Waals surface area contributed by atoms with Gasteiger partial charge in [-0.1, -0.05) is 19.1 Å². The number of hydrogen-bond acceptors (Lipinski definition) is 5. The molecule has 5 nitrogen and oxygen atoms in total. The first-order valence-corrected chi connectivity index (χ1v) is 7.91. The lowest BCUT2D eigenvalue weighted by Crippen LogP contribution is -2.09. The van der Waals surface area contributed by atoms with Gasteiger partial charge in [-0.15, -0.1) is 0 Å². The van der Waals surface area contributed by atoms with Crippen LogP contribution in [0.25, 0.3) is 11.4 Å². The number of nitrogens with zero attached hydrogens (tertiary/aromatic N) is 2. The van der Waals surface area contributed by atoms with Crippen molar-refractivity contribution in [2.45, 2.75) is 12.8 Å². The first-order valence-electron chi connectivity index (χ1n) is 7.14. The Bertz CT molecular complexity index is 823. The number of benzene rings is 1.